The molecule has 2 N–H and O–H groups in total. The van der Waals surface area contributed by atoms with Gasteiger partial charge in [-0.15, -0.1) is 5.10 Å². The van der Waals surface area contributed by atoms with Crippen molar-refractivity contribution in [2.24, 2.45) is 0 Å². The SMILES string of the molecule is O=C(NCCCN1CCCc2ccccc21)Nc1ccc(-n2cnnn2)cc1. The van der Waals surface area contributed by atoms with Crippen LogP contribution in [0.1, 0.15) is 18.4 Å². The number of carbonyl (C=O) groups is 1. The van der Waals surface area contributed by atoms with Crippen molar-refractivity contribution in [2.75, 3.05) is 29.9 Å². The summed E-state index contributed by atoms with van der Waals surface area (Å²) < 4.78 is 1.56. The highest BCUT2D eigenvalue weighted by atomic mass is 16.2. The lowest BCUT2D eigenvalue weighted by Crippen LogP contribution is -2.34. The van der Waals surface area contributed by atoms with E-state index < -0.39 is 0 Å². The van der Waals surface area contributed by atoms with E-state index in [4.69, 9.17) is 0 Å². The monoisotopic (exact) mass is 377 g/mol. The Balaban J connectivity index is 1.21. The minimum Gasteiger partial charge on any atom is -0.371 e. The lowest BCUT2D eigenvalue weighted by Gasteiger charge is -2.31. The lowest BCUT2D eigenvalue weighted by atomic mass is 10.0. The van der Waals surface area contributed by atoms with Gasteiger partial charge in [-0.2, -0.15) is 0 Å². The third-order valence-electron chi connectivity index (χ3n) is 4.84. The normalized spacial score (nSPS) is 13.1. The molecule has 8 heteroatoms. The molecule has 1 aliphatic rings. The number of benzene rings is 2. The molecule has 144 valence electrons. The van der Waals surface area contributed by atoms with E-state index in [1.165, 1.54) is 24.0 Å². The third kappa shape index (κ3) is 4.28. The molecule has 0 radical (unpaired) electrons. The molecule has 28 heavy (non-hydrogen) atoms. The summed E-state index contributed by atoms with van der Waals surface area (Å²) in [6.45, 7) is 2.65. The maximum atomic E-state index is 12.1. The Morgan fingerprint density at radius 3 is 2.79 bits per heavy atom. The number of carbonyl (C=O) groups excluding carboxylic acids is 1. The van der Waals surface area contributed by atoms with Crippen LogP contribution in [0.5, 0.6) is 0 Å². The topological polar surface area (TPSA) is 88.0 Å². The average Bonchev–Trinajstić information content (AvgIpc) is 3.27. The molecule has 0 fully saturated rings. The van der Waals surface area contributed by atoms with E-state index in [0.29, 0.717) is 6.54 Å². The maximum Gasteiger partial charge on any atom is 0.319 e. The zero-order valence-electron chi connectivity index (χ0n) is 15.6. The van der Waals surface area contributed by atoms with Crippen LogP contribution in [0.15, 0.2) is 54.9 Å². The predicted octanol–water partition coefficient (Wildman–Crippen LogP) is 2.63. The second-order valence-electron chi connectivity index (χ2n) is 6.76. The van der Waals surface area contributed by atoms with Crippen molar-refractivity contribution in [1.82, 2.24) is 25.5 Å². The van der Waals surface area contributed by atoms with Crippen LogP contribution in [0, 0.1) is 0 Å². The van der Waals surface area contributed by atoms with Crippen LogP contribution in [0.2, 0.25) is 0 Å². The van der Waals surface area contributed by atoms with Crippen LogP contribution in [0.25, 0.3) is 5.69 Å². The molecular formula is C20H23N7O. The van der Waals surface area contributed by atoms with Gasteiger partial charge in [0.1, 0.15) is 6.33 Å². The Hall–Kier alpha value is -3.42. The summed E-state index contributed by atoms with van der Waals surface area (Å²) in [7, 11) is 0. The summed E-state index contributed by atoms with van der Waals surface area (Å²) >= 11 is 0. The van der Waals surface area contributed by atoms with E-state index in [0.717, 1.165) is 37.3 Å². The first-order valence-electron chi connectivity index (χ1n) is 9.51. The molecule has 1 aliphatic heterocycles. The highest BCUT2D eigenvalue weighted by Crippen LogP contribution is 2.26. The number of tetrazole rings is 1. The summed E-state index contributed by atoms with van der Waals surface area (Å²) in [5.74, 6) is 0. The van der Waals surface area contributed by atoms with E-state index in [-0.39, 0.29) is 6.03 Å². The number of nitrogens with zero attached hydrogens (tertiary/aromatic N) is 5. The van der Waals surface area contributed by atoms with Gasteiger partial charge in [0.25, 0.3) is 0 Å². The molecule has 2 aromatic carbocycles. The Morgan fingerprint density at radius 2 is 1.96 bits per heavy atom. The Morgan fingerprint density at radius 1 is 1.11 bits per heavy atom. The van der Waals surface area contributed by atoms with Crippen molar-refractivity contribution >= 4 is 17.4 Å². The first kappa shape index (κ1) is 18.0. The van der Waals surface area contributed by atoms with Gasteiger partial charge >= 0.3 is 6.03 Å². The molecule has 0 atom stereocenters. The number of anilines is 2. The van der Waals surface area contributed by atoms with Gasteiger partial charge in [0.15, 0.2) is 0 Å². The van der Waals surface area contributed by atoms with Crippen molar-refractivity contribution in [3.05, 3.63) is 60.4 Å². The highest BCUT2D eigenvalue weighted by Gasteiger charge is 2.15. The molecule has 4 rings (SSSR count). The fraction of sp³-hybridized carbons (Fsp3) is 0.300. The minimum atomic E-state index is -0.200. The predicted molar refractivity (Wildman–Crippen MR) is 108 cm³/mol. The van der Waals surface area contributed by atoms with E-state index in [2.05, 4.69) is 55.3 Å². The number of amides is 2. The zero-order valence-corrected chi connectivity index (χ0v) is 15.6. The van der Waals surface area contributed by atoms with Gasteiger partial charge in [-0.25, -0.2) is 9.48 Å². The van der Waals surface area contributed by atoms with Crippen molar-refractivity contribution in [1.29, 1.82) is 0 Å². The number of hydrogen-bond acceptors (Lipinski definition) is 5. The number of aromatic nitrogens is 4. The van der Waals surface area contributed by atoms with Gasteiger partial charge in [0.2, 0.25) is 0 Å². The number of para-hydroxylation sites is 1. The quantitative estimate of drug-likeness (QED) is 0.645. The molecular weight excluding hydrogens is 354 g/mol. The van der Waals surface area contributed by atoms with Crippen LogP contribution in [-0.4, -0.2) is 45.9 Å². The van der Waals surface area contributed by atoms with Gasteiger partial charge in [-0.05, 0) is 65.6 Å². The van der Waals surface area contributed by atoms with Crippen LogP contribution >= 0.6 is 0 Å². The first-order chi connectivity index (χ1) is 13.8. The summed E-state index contributed by atoms with van der Waals surface area (Å²) in [5, 5.41) is 16.8. The molecule has 2 amide bonds. The standard InChI is InChI=1S/C20H23N7O/c28-20(23-17-8-10-18(11-9-17)27-15-22-24-25-27)21-12-4-14-26-13-3-6-16-5-1-2-7-19(16)26/h1-2,5,7-11,15H,3-4,6,12-14H2,(H2,21,23,28). The van der Waals surface area contributed by atoms with E-state index in [9.17, 15) is 4.79 Å². The number of rotatable bonds is 6. The number of hydrogen-bond donors (Lipinski definition) is 2. The van der Waals surface area contributed by atoms with Crippen molar-refractivity contribution < 1.29 is 4.79 Å². The molecule has 0 saturated heterocycles. The van der Waals surface area contributed by atoms with E-state index in [1.807, 2.05) is 24.3 Å². The number of aryl methyl sites for hydroxylation is 1. The maximum absolute atomic E-state index is 12.1. The second-order valence-corrected chi connectivity index (χ2v) is 6.76. The molecule has 2 heterocycles. The molecule has 0 bridgehead atoms. The fourth-order valence-corrected chi connectivity index (χ4v) is 3.47. The second kappa shape index (κ2) is 8.51. The Kier molecular flexibility index (Phi) is 5.46. The Labute approximate surface area is 163 Å². The van der Waals surface area contributed by atoms with Crippen molar-refractivity contribution in [3.8, 4) is 5.69 Å². The van der Waals surface area contributed by atoms with Gasteiger partial charge in [0, 0.05) is 31.0 Å². The van der Waals surface area contributed by atoms with Gasteiger partial charge < -0.3 is 15.5 Å². The van der Waals surface area contributed by atoms with Crippen LogP contribution in [0.3, 0.4) is 0 Å². The van der Waals surface area contributed by atoms with Gasteiger partial charge in [0.05, 0.1) is 5.69 Å². The van der Waals surface area contributed by atoms with Crippen LogP contribution in [0.4, 0.5) is 16.2 Å². The molecule has 0 spiro atoms. The minimum absolute atomic E-state index is 0.200. The van der Waals surface area contributed by atoms with Crippen LogP contribution < -0.4 is 15.5 Å². The third-order valence-corrected chi connectivity index (χ3v) is 4.84. The van der Waals surface area contributed by atoms with Crippen LogP contribution in [-0.2, 0) is 6.42 Å². The zero-order chi connectivity index (χ0) is 19.2. The summed E-state index contributed by atoms with van der Waals surface area (Å²) in [4.78, 5) is 14.5. The smallest absolute Gasteiger partial charge is 0.319 e. The summed E-state index contributed by atoms with van der Waals surface area (Å²) in [5.41, 5.74) is 4.31. The first-order valence-corrected chi connectivity index (χ1v) is 9.51. The Bertz CT molecular complexity index is 909. The molecule has 0 saturated carbocycles. The molecule has 8 nitrogen and oxygen atoms in total. The highest BCUT2D eigenvalue weighted by molar-refractivity contribution is 5.89. The number of fused-ring (bicyclic) bond motifs is 1. The van der Waals surface area contributed by atoms with E-state index >= 15 is 0 Å². The average molecular weight is 377 g/mol. The summed E-state index contributed by atoms with van der Waals surface area (Å²) in [6.07, 6.45) is 4.76. The van der Waals surface area contributed by atoms with Gasteiger partial charge in [-0.3, -0.25) is 0 Å². The van der Waals surface area contributed by atoms with Crippen molar-refractivity contribution in [3.63, 3.8) is 0 Å². The van der Waals surface area contributed by atoms with Crippen molar-refractivity contribution in [2.45, 2.75) is 19.3 Å². The molecule has 0 aliphatic carbocycles. The summed E-state index contributed by atoms with van der Waals surface area (Å²) in [6, 6.07) is 15.7. The molecule has 3 aromatic rings. The molecule has 0 unspecified atom stereocenters. The van der Waals surface area contributed by atoms with E-state index in [1.54, 1.807) is 4.68 Å². The number of urea groups is 1. The number of nitrogens with one attached hydrogen (secondary N) is 2. The lowest BCUT2D eigenvalue weighted by molar-refractivity contribution is 0.252. The fourth-order valence-electron chi connectivity index (χ4n) is 3.47. The van der Waals surface area contributed by atoms with Gasteiger partial charge in [-0.1, -0.05) is 18.2 Å². The largest absolute Gasteiger partial charge is 0.371 e. The molecule has 1 aromatic heterocycles.